The molecule has 132 valence electrons. The maximum absolute atomic E-state index is 12.6. The highest BCUT2D eigenvalue weighted by Gasteiger charge is 2.26. The average Bonchev–Trinajstić information content (AvgIpc) is 2.66. The Hall–Kier alpha value is -2.54. The summed E-state index contributed by atoms with van der Waals surface area (Å²) in [4.78, 5) is 34.6. The van der Waals surface area contributed by atoms with Gasteiger partial charge in [-0.1, -0.05) is 6.07 Å². The molecule has 0 unspecified atom stereocenters. The number of aromatic nitrogens is 3. The van der Waals surface area contributed by atoms with Crippen LogP contribution in [0, 0.1) is 0 Å². The van der Waals surface area contributed by atoms with E-state index in [1.54, 1.807) is 41.5 Å². The van der Waals surface area contributed by atoms with E-state index in [2.05, 4.69) is 9.97 Å². The number of hydrogen-bond acceptors (Lipinski definition) is 5. The van der Waals surface area contributed by atoms with Gasteiger partial charge in [0.15, 0.2) is 0 Å². The molecule has 0 saturated carbocycles. The molecule has 1 aliphatic heterocycles. The Balaban J connectivity index is 1.57. The number of carbonyl (C=O) groups is 1. The Morgan fingerprint density at radius 1 is 1.32 bits per heavy atom. The van der Waals surface area contributed by atoms with Gasteiger partial charge >= 0.3 is 0 Å². The first-order valence-electron chi connectivity index (χ1n) is 8.51. The zero-order valence-electron chi connectivity index (χ0n) is 14.1. The Bertz CT molecular complexity index is 747. The second-order valence-electron chi connectivity index (χ2n) is 6.03. The molecule has 0 spiro atoms. The van der Waals surface area contributed by atoms with Crippen LogP contribution in [0.1, 0.15) is 18.5 Å². The molecule has 7 heteroatoms. The lowest BCUT2D eigenvalue weighted by Gasteiger charge is -2.35. The molecule has 2 aromatic rings. The molecule has 3 heterocycles. The summed E-state index contributed by atoms with van der Waals surface area (Å²) in [7, 11) is 0. The van der Waals surface area contributed by atoms with E-state index in [0.29, 0.717) is 32.7 Å². The van der Waals surface area contributed by atoms with Gasteiger partial charge in [-0.25, -0.2) is 0 Å². The third-order valence-corrected chi connectivity index (χ3v) is 4.36. The van der Waals surface area contributed by atoms with Crippen molar-refractivity contribution in [3.8, 4) is 0 Å². The number of pyridine rings is 1. The van der Waals surface area contributed by atoms with Crippen LogP contribution in [-0.2, 0) is 22.5 Å². The molecule has 3 rings (SSSR count). The van der Waals surface area contributed by atoms with Gasteiger partial charge in [-0.3, -0.25) is 19.6 Å². The van der Waals surface area contributed by atoms with E-state index in [-0.39, 0.29) is 17.5 Å². The van der Waals surface area contributed by atoms with Crippen LogP contribution in [0.3, 0.4) is 0 Å². The SMILES string of the molecule is O=C(CCn1ccccc1=O)N1CCOC[C@@H]1CCc1cnccn1. The Morgan fingerprint density at radius 3 is 3.04 bits per heavy atom. The van der Waals surface area contributed by atoms with Crippen molar-refractivity contribution in [2.24, 2.45) is 0 Å². The number of amides is 1. The van der Waals surface area contributed by atoms with Crippen LogP contribution in [0.15, 0.2) is 47.8 Å². The van der Waals surface area contributed by atoms with Crippen LogP contribution in [-0.4, -0.2) is 51.1 Å². The molecule has 1 atom stereocenters. The normalized spacial score (nSPS) is 17.4. The summed E-state index contributed by atoms with van der Waals surface area (Å²) >= 11 is 0. The second-order valence-corrected chi connectivity index (χ2v) is 6.03. The van der Waals surface area contributed by atoms with Crippen molar-refractivity contribution in [2.75, 3.05) is 19.8 Å². The van der Waals surface area contributed by atoms with E-state index < -0.39 is 0 Å². The summed E-state index contributed by atoms with van der Waals surface area (Å²) in [5.41, 5.74) is 0.827. The molecule has 1 saturated heterocycles. The molecule has 1 aliphatic rings. The Labute approximate surface area is 146 Å². The monoisotopic (exact) mass is 342 g/mol. The number of aryl methyl sites for hydroxylation is 2. The van der Waals surface area contributed by atoms with Gasteiger partial charge in [-0.15, -0.1) is 0 Å². The summed E-state index contributed by atoms with van der Waals surface area (Å²) in [5.74, 6) is 0.0585. The van der Waals surface area contributed by atoms with Crippen LogP contribution < -0.4 is 5.56 Å². The third kappa shape index (κ3) is 4.73. The van der Waals surface area contributed by atoms with Gasteiger partial charge in [-0.2, -0.15) is 0 Å². The van der Waals surface area contributed by atoms with E-state index in [0.717, 1.165) is 18.5 Å². The fourth-order valence-corrected chi connectivity index (χ4v) is 3.00. The van der Waals surface area contributed by atoms with Gasteiger partial charge in [0.25, 0.3) is 5.56 Å². The molecule has 2 aromatic heterocycles. The fraction of sp³-hybridized carbons (Fsp3) is 0.444. The maximum atomic E-state index is 12.6. The average molecular weight is 342 g/mol. The second kappa shape index (κ2) is 8.53. The van der Waals surface area contributed by atoms with Crippen LogP contribution in [0.4, 0.5) is 0 Å². The third-order valence-electron chi connectivity index (χ3n) is 4.36. The van der Waals surface area contributed by atoms with Gasteiger partial charge < -0.3 is 14.2 Å². The van der Waals surface area contributed by atoms with Crippen molar-refractivity contribution in [1.82, 2.24) is 19.4 Å². The van der Waals surface area contributed by atoms with Crippen molar-refractivity contribution in [3.63, 3.8) is 0 Å². The van der Waals surface area contributed by atoms with Crippen molar-refractivity contribution in [3.05, 3.63) is 59.0 Å². The first-order valence-corrected chi connectivity index (χ1v) is 8.51. The predicted octanol–water partition coefficient (Wildman–Crippen LogP) is 0.889. The zero-order valence-corrected chi connectivity index (χ0v) is 14.1. The largest absolute Gasteiger partial charge is 0.377 e. The highest BCUT2D eigenvalue weighted by molar-refractivity contribution is 5.76. The van der Waals surface area contributed by atoms with Gasteiger partial charge in [0, 0.05) is 50.4 Å². The van der Waals surface area contributed by atoms with Crippen molar-refractivity contribution < 1.29 is 9.53 Å². The first kappa shape index (κ1) is 17.3. The topological polar surface area (TPSA) is 77.3 Å². The molecule has 25 heavy (non-hydrogen) atoms. The molecule has 1 amide bonds. The Morgan fingerprint density at radius 2 is 2.24 bits per heavy atom. The van der Waals surface area contributed by atoms with Gasteiger partial charge in [0.2, 0.25) is 5.91 Å². The van der Waals surface area contributed by atoms with E-state index in [9.17, 15) is 9.59 Å². The quantitative estimate of drug-likeness (QED) is 0.779. The predicted molar refractivity (Wildman–Crippen MR) is 92.0 cm³/mol. The lowest BCUT2D eigenvalue weighted by Crippen LogP contribution is -2.49. The van der Waals surface area contributed by atoms with E-state index >= 15 is 0 Å². The van der Waals surface area contributed by atoms with Crippen molar-refractivity contribution >= 4 is 5.91 Å². The van der Waals surface area contributed by atoms with Crippen molar-refractivity contribution in [1.29, 1.82) is 0 Å². The zero-order chi connectivity index (χ0) is 17.5. The smallest absolute Gasteiger partial charge is 0.250 e. The van der Waals surface area contributed by atoms with Gasteiger partial charge in [0.05, 0.1) is 24.9 Å². The summed E-state index contributed by atoms with van der Waals surface area (Å²) in [6.45, 7) is 2.08. The number of hydrogen-bond donors (Lipinski definition) is 0. The van der Waals surface area contributed by atoms with Crippen LogP contribution >= 0.6 is 0 Å². The minimum Gasteiger partial charge on any atom is -0.377 e. The fourth-order valence-electron chi connectivity index (χ4n) is 3.00. The summed E-state index contributed by atoms with van der Waals surface area (Å²) in [6.07, 6.45) is 8.63. The van der Waals surface area contributed by atoms with E-state index in [4.69, 9.17) is 4.74 Å². The van der Waals surface area contributed by atoms with Crippen LogP contribution in [0.25, 0.3) is 0 Å². The van der Waals surface area contributed by atoms with E-state index in [1.807, 2.05) is 4.90 Å². The van der Waals surface area contributed by atoms with E-state index in [1.165, 1.54) is 6.07 Å². The Kier molecular flexibility index (Phi) is 5.90. The first-order chi connectivity index (χ1) is 12.2. The molecule has 7 nitrogen and oxygen atoms in total. The molecular formula is C18H22N4O3. The molecule has 0 radical (unpaired) electrons. The number of rotatable bonds is 6. The van der Waals surface area contributed by atoms with Crippen LogP contribution in [0.2, 0.25) is 0 Å². The minimum atomic E-state index is -0.0866. The molecule has 0 aliphatic carbocycles. The highest BCUT2D eigenvalue weighted by atomic mass is 16.5. The van der Waals surface area contributed by atoms with Gasteiger partial charge in [-0.05, 0) is 18.9 Å². The minimum absolute atomic E-state index is 0.0377. The highest BCUT2D eigenvalue weighted by Crippen LogP contribution is 2.14. The molecule has 0 N–H and O–H groups in total. The molecular weight excluding hydrogens is 320 g/mol. The maximum Gasteiger partial charge on any atom is 0.250 e. The number of morpholine rings is 1. The standard InChI is InChI=1S/C18H22N4O3/c23-17-3-1-2-9-21(17)10-6-18(24)22-11-12-25-14-16(22)5-4-15-13-19-7-8-20-15/h1-3,7-9,13,16H,4-6,10-12,14H2/t16-/m0/s1. The lowest BCUT2D eigenvalue weighted by atomic mass is 10.1. The number of ether oxygens (including phenoxy) is 1. The number of carbonyl (C=O) groups excluding carboxylic acids is 1. The number of nitrogens with zero attached hydrogens (tertiary/aromatic N) is 4. The molecule has 1 fully saturated rings. The van der Waals surface area contributed by atoms with Crippen LogP contribution in [0.5, 0.6) is 0 Å². The molecule has 0 aromatic carbocycles. The molecule has 0 bridgehead atoms. The van der Waals surface area contributed by atoms with Gasteiger partial charge in [0.1, 0.15) is 0 Å². The summed E-state index contributed by atoms with van der Waals surface area (Å²) < 4.78 is 7.11. The van der Waals surface area contributed by atoms with Crippen molar-refractivity contribution in [2.45, 2.75) is 31.8 Å². The lowest BCUT2D eigenvalue weighted by molar-refractivity contribution is -0.140. The summed E-state index contributed by atoms with van der Waals surface area (Å²) in [6, 6.07) is 5.04. The summed E-state index contributed by atoms with van der Waals surface area (Å²) in [5, 5.41) is 0.